The molecule has 0 saturated carbocycles. The van der Waals surface area contributed by atoms with Gasteiger partial charge in [-0.15, -0.1) is 0 Å². The molecular weight excluding hydrogens is 759 g/mol. The van der Waals surface area contributed by atoms with Crippen LogP contribution in [0.5, 0.6) is 0 Å². The molecule has 0 aromatic rings. The van der Waals surface area contributed by atoms with Crippen molar-refractivity contribution in [3.05, 3.63) is 36.5 Å². The van der Waals surface area contributed by atoms with Crippen LogP contribution in [0, 0.1) is 0 Å². The fourth-order valence-electron chi connectivity index (χ4n) is 8.80. The molecule has 62 heavy (non-hydrogen) atoms. The zero-order valence-corrected chi connectivity index (χ0v) is 42.2. The lowest BCUT2D eigenvalue weighted by molar-refractivity contribution is -0.123. The summed E-state index contributed by atoms with van der Waals surface area (Å²) in [5.74, 6) is -0.0720. The van der Waals surface area contributed by atoms with Crippen molar-refractivity contribution in [2.45, 2.75) is 321 Å². The van der Waals surface area contributed by atoms with Crippen molar-refractivity contribution in [3.63, 3.8) is 0 Å². The van der Waals surface area contributed by atoms with E-state index >= 15 is 0 Å². The molecule has 4 heteroatoms. The first-order valence-electron chi connectivity index (χ1n) is 28.2. The van der Waals surface area contributed by atoms with Gasteiger partial charge in [0.1, 0.15) is 0 Å². The number of rotatable bonds is 52. The van der Waals surface area contributed by atoms with Gasteiger partial charge in [-0.3, -0.25) is 4.79 Å². The quantitative estimate of drug-likeness (QED) is 0.0421. The Balaban J connectivity index is 3.49. The maximum Gasteiger partial charge on any atom is 0.220 e. The second-order valence-electron chi connectivity index (χ2n) is 19.3. The predicted octanol–water partition coefficient (Wildman–Crippen LogP) is 18.5. The molecule has 0 saturated heterocycles. The minimum Gasteiger partial charge on any atom is -0.394 e. The van der Waals surface area contributed by atoms with Gasteiger partial charge < -0.3 is 15.5 Å². The molecule has 366 valence electrons. The molecule has 0 aromatic heterocycles. The van der Waals surface area contributed by atoms with Gasteiger partial charge in [-0.05, 0) is 44.9 Å². The molecule has 4 nitrogen and oxygen atoms in total. The lowest BCUT2D eigenvalue weighted by Crippen LogP contribution is -2.45. The summed E-state index contributed by atoms with van der Waals surface area (Å²) >= 11 is 0. The molecule has 0 rings (SSSR count). The average Bonchev–Trinajstić information content (AvgIpc) is 3.28. The molecule has 2 atom stereocenters. The number of nitrogens with one attached hydrogen (secondary N) is 1. The molecule has 0 heterocycles. The minimum absolute atomic E-state index is 0.0720. The Morgan fingerprint density at radius 1 is 0.371 bits per heavy atom. The summed E-state index contributed by atoms with van der Waals surface area (Å²) in [4.78, 5) is 12.5. The minimum atomic E-state index is -0.868. The summed E-state index contributed by atoms with van der Waals surface area (Å²) in [5.41, 5.74) is 0. The molecule has 0 aliphatic carbocycles. The Hall–Kier alpha value is -1.39. The Labute approximate surface area is 389 Å². The fraction of sp³-hybridized carbons (Fsp3) is 0.879. The van der Waals surface area contributed by atoms with Crippen molar-refractivity contribution in [1.82, 2.24) is 5.32 Å². The van der Waals surface area contributed by atoms with Crippen LogP contribution in [0.15, 0.2) is 36.5 Å². The van der Waals surface area contributed by atoms with Crippen LogP contribution in [0.2, 0.25) is 0 Å². The molecule has 2 unspecified atom stereocenters. The van der Waals surface area contributed by atoms with E-state index in [2.05, 4.69) is 43.5 Å². The van der Waals surface area contributed by atoms with E-state index < -0.39 is 12.1 Å². The van der Waals surface area contributed by atoms with Gasteiger partial charge in [0, 0.05) is 6.42 Å². The van der Waals surface area contributed by atoms with E-state index in [-0.39, 0.29) is 12.5 Å². The monoisotopic (exact) mass is 870 g/mol. The lowest BCUT2D eigenvalue weighted by atomic mass is 10.0. The Bertz CT molecular complexity index is 943. The number of aliphatic hydroxyl groups excluding tert-OH is 2. The summed E-state index contributed by atoms with van der Waals surface area (Å²) in [5, 5.41) is 23.1. The second-order valence-corrected chi connectivity index (χ2v) is 19.3. The number of amides is 1. The van der Waals surface area contributed by atoms with Gasteiger partial charge in [-0.1, -0.05) is 294 Å². The van der Waals surface area contributed by atoms with Gasteiger partial charge in [-0.25, -0.2) is 0 Å². The summed E-state index contributed by atoms with van der Waals surface area (Å²) in [6.07, 6.45) is 73.1. The van der Waals surface area contributed by atoms with E-state index in [0.29, 0.717) is 6.42 Å². The third-order valence-corrected chi connectivity index (χ3v) is 13.1. The molecule has 1 amide bonds. The number of unbranched alkanes of at least 4 members (excludes halogenated alkanes) is 41. The molecule has 0 aliphatic rings. The summed E-state index contributed by atoms with van der Waals surface area (Å²) < 4.78 is 0. The normalized spacial score (nSPS) is 13.0. The van der Waals surface area contributed by atoms with Crippen molar-refractivity contribution < 1.29 is 15.0 Å². The van der Waals surface area contributed by atoms with Crippen LogP contribution in [-0.2, 0) is 4.79 Å². The molecule has 0 radical (unpaired) electrons. The first-order valence-corrected chi connectivity index (χ1v) is 28.2. The van der Waals surface area contributed by atoms with Crippen LogP contribution in [0.1, 0.15) is 309 Å². The molecular formula is C58H111NO3. The van der Waals surface area contributed by atoms with Crippen LogP contribution in [-0.4, -0.2) is 34.9 Å². The molecule has 0 fully saturated rings. The van der Waals surface area contributed by atoms with E-state index in [1.807, 2.05) is 6.08 Å². The lowest BCUT2D eigenvalue weighted by Gasteiger charge is -2.19. The van der Waals surface area contributed by atoms with Crippen molar-refractivity contribution in [1.29, 1.82) is 0 Å². The van der Waals surface area contributed by atoms with Crippen LogP contribution in [0.4, 0.5) is 0 Å². The van der Waals surface area contributed by atoms with Gasteiger partial charge >= 0.3 is 0 Å². The smallest absolute Gasteiger partial charge is 0.220 e. The number of allylic oxidation sites excluding steroid dienone is 5. The van der Waals surface area contributed by atoms with Gasteiger partial charge in [0.05, 0.1) is 18.8 Å². The van der Waals surface area contributed by atoms with Crippen molar-refractivity contribution >= 4 is 5.91 Å². The Kier molecular flexibility index (Phi) is 52.7. The van der Waals surface area contributed by atoms with E-state index in [1.54, 1.807) is 6.08 Å². The number of aliphatic hydroxyl groups is 2. The zero-order chi connectivity index (χ0) is 44.9. The van der Waals surface area contributed by atoms with Crippen LogP contribution < -0.4 is 5.32 Å². The van der Waals surface area contributed by atoms with Crippen molar-refractivity contribution in [3.8, 4) is 0 Å². The van der Waals surface area contributed by atoms with Gasteiger partial charge in [0.2, 0.25) is 5.91 Å². The summed E-state index contributed by atoms with van der Waals surface area (Å²) in [7, 11) is 0. The van der Waals surface area contributed by atoms with Gasteiger partial charge in [0.25, 0.3) is 0 Å². The predicted molar refractivity (Wildman–Crippen MR) is 276 cm³/mol. The van der Waals surface area contributed by atoms with Gasteiger partial charge in [-0.2, -0.15) is 0 Å². The maximum absolute atomic E-state index is 12.5. The standard InChI is InChI=1S/C58H111NO3/c1-3-5-7-9-11-13-15-17-19-21-23-25-26-27-28-29-30-31-32-33-34-36-38-40-42-44-46-48-50-52-54-58(62)59-56(55-60)57(61)53-51-49-47-45-43-41-39-37-35-24-22-20-18-16-14-12-10-8-6-4-2/h35,37,43,45,51,53,56-57,60-61H,3-34,36,38-42,44,46-50,52,54-55H2,1-2H3,(H,59,62)/b37-35+,45-43+,53-51+. The van der Waals surface area contributed by atoms with Crippen molar-refractivity contribution in [2.24, 2.45) is 0 Å². The second kappa shape index (κ2) is 53.9. The first kappa shape index (κ1) is 60.6. The van der Waals surface area contributed by atoms with Crippen molar-refractivity contribution in [2.75, 3.05) is 6.61 Å². The average molecular weight is 871 g/mol. The maximum atomic E-state index is 12.5. The highest BCUT2D eigenvalue weighted by Gasteiger charge is 2.18. The number of hydrogen-bond acceptors (Lipinski definition) is 3. The number of hydrogen-bond donors (Lipinski definition) is 3. The molecule has 0 aliphatic heterocycles. The van der Waals surface area contributed by atoms with E-state index in [0.717, 1.165) is 38.5 Å². The van der Waals surface area contributed by atoms with Crippen LogP contribution in [0.25, 0.3) is 0 Å². The van der Waals surface area contributed by atoms with Crippen LogP contribution >= 0.6 is 0 Å². The highest BCUT2D eigenvalue weighted by atomic mass is 16.3. The molecule has 0 spiro atoms. The fourth-order valence-corrected chi connectivity index (χ4v) is 8.80. The summed E-state index contributed by atoms with van der Waals surface area (Å²) in [6.45, 7) is 4.32. The number of carbonyl (C=O) groups excluding carboxylic acids is 1. The van der Waals surface area contributed by atoms with Crippen LogP contribution in [0.3, 0.4) is 0 Å². The first-order chi connectivity index (χ1) is 30.7. The zero-order valence-electron chi connectivity index (χ0n) is 42.2. The highest BCUT2D eigenvalue weighted by Crippen LogP contribution is 2.17. The largest absolute Gasteiger partial charge is 0.394 e. The Morgan fingerprint density at radius 2 is 0.629 bits per heavy atom. The molecule has 0 aromatic carbocycles. The summed E-state index contributed by atoms with van der Waals surface area (Å²) in [6, 6.07) is -0.644. The van der Waals surface area contributed by atoms with E-state index in [4.69, 9.17) is 0 Å². The third kappa shape index (κ3) is 49.6. The van der Waals surface area contributed by atoms with Gasteiger partial charge in [0.15, 0.2) is 0 Å². The molecule has 3 N–H and O–H groups in total. The third-order valence-electron chi connectivity index (χ3n) is 13.1. The molecule has 0 bridgehead atoms. The Morgan fingerprint density at radius 3 is 0.935 bits per heavy atom. The van der Waals surface area contributed by atoms with E-state index in [1.165, 1.54) is 250 Å². The topological polar surface area (TPSA) is 69.6 Å². The van der Waals surface area contributed by atoms with E-state index in [9.17, 15) is 15.0 Å². The number of carbonyl (C=O) groups is 1. The SMILES string of the molecule is CCCCCCCCCCCC/C=C/CC/C=C/CC/C=C/C(O)C(CO)NC(=O)CCCCCCCCCCCCCCCCCCCCCCCCCCCCCCCC. The highest BCUT2D eigenvalue weighted by molar-refractivity contribution is 5.76.